The lowest BCUT2D eigenvalue weighted by atomic mass is 9.95. The molecular formula is C29H50N2O3. The first kappa shape index (κ1) is 28.6. The topological polar surface area (TPSA) is 49.9 Å². The van der Waals surface area contributed by atoms with Crippen LogP contribution >= 0.6 is 0 Å². The molecule has 0 N–H and O–H groups in total. The number of unbranched alkanes of at least 4 members (excludes halogenated alkanes) is 8. The average molecular weight is 475 g/mol. The van der Waals surface area contributed by atoms with E-state index in [0.717, 1.165) is 45.3 Å². The standard InChI is InChI=1S/C29H50N2O3/c1-3-4-5-6-7-8-9-10-11-12-13-14-15-16-17-20-27-26(25-28(32)30(27)2)29(33)34-24-23-31-21-18-19-22-31/h7-8,10-11,26-27H,3-6,9,12-25H2,1-2H3/b8-7-,11-10-/t26-,27+/m0/s1. The van der Waals surface area contributed by atoms with Gasteiger partial charge in [0.05, 0.1) is 5.92 Å². The number of rotatable bonds is 18. The number of carbonyl (C=O) groups is 2. The minimum Gasteiger partial charge on any atom is -0.464 e. The molecule has 2 atom stereocenters. The number of amides is 1. The first-order valence-corrected chi connectivity index (χ1v) is 14.1. The van der Waals surface area contributed by atoms with E-state index in [9.17, 15) is 9.59 Å². The Morgan fingerprint density at radius 2 is 1.59 bits per heavy atom. The van der Waals surface area contributed by atoms with Crippen LogP contribution in [0, 0.1) is 5.92 Å². The molecule has 2 aliphatic rings. The molecule has 2 heterocycles. The largest absolute Gasteiger partial charge is 0.464 e. The quantitative estimate of drug-likeness (QED) is 0.133. The molecule has 2 saturated heterocycles. The molecular weight excluding hydrogens is 424 g/mol. The minimum atomic E-state index is -0.290. The molecule has 0 saturated carbocycles. The number of esters is 1. The van der Waals surface area contributed by atoms with Gasteiger partial charge in [-0.25, -0.2) is 0 Å². The second-order valence-corrected chi connectivity index (χ2v) is 10.1. The highest BCUT2D eigenvalue weighted by molar-refractivity contribution is 5.87. The van der Waals surface area contributed by atoms with Crippen LogP contribution in [0.2, 0.25) is 0 Å². The van der Waals surface area contributed by atoms with E-state index in [4.69, 9.17) is 4.74 Å². The van der Waals surface area contributed by atoms with Gasteiger partial charge in [0.25, 0.3) is 0 Å². The van der Waals surface area contributed by atoms with Crippen LogP contribution in [0.5, 0.6) is 0 Å². The molecule has 5 nitrogen and oxygen atoms in total. The van der Waals surface area contributed by atoms with Gasteiger partial charge in [-0.1, -0.05) is 69.8 Å². The van der Waals surface area contributed by atoms with Gasteiger partial charge in [0.2, 0.25) is 5.91 Å². The monoisotopic (exact) mass is 474 g/mol. The van der Waals surface area contributed by atoms with Crippen LogP contribution in [-0.2, 0) is 14.3 Å². The van der Waals surface area contributed by atoms with Gasteiger partial charge in [-0.3, -0.25) is 14.5 Å². The van der Waals surface area contributed by atoms with Gasteiger partial charge in [0.15, 0.2) is 0 Å². The summed E-state index contributed by atoms with van der Waals surface area (Å²) in [6, 6.07) is 0.00440. The lowest BCUT2D eigenvalue weighted by molar-refractivity contribution is -0.149. The van der Waals surface area contributed by atoms with Crippen LogP contribution < -0.4 is 0 Å². The summed E-state index contributed by atoms with van der Waals surface area (Å²) >= 11 is 0. The van der Waals surface area contributed by atoms with Crippen molar-refractivity contribution in [2.45, 2.75) is 109 Å². The predicted octanol–water partition coefficient (Wildman–Crippen LogP) is 6.29. The van der Waals surface area contributed by atoms with Gasteiger partial charge in [-0.2, -0.15) is 0 Å². The third-order valence-corrected chi connectivity index (χ3v) is 7.35. The highest BCUT2D eigenvalue weighted by Gasteiger charge is 2.42. The van der Waals surface area contributed by atoms with E-state index in [1.165, 1.54) is 64.2 Å². The van der Waals surface area contributed by atoms with Crippen molar-refractivity contribution in [1.29, 1.82) is 0 Å². The number of ether oxygens (including phenoxy) is 1. The number of nitrogens with zero attached hydrogens (tertiary/aromatic N) is 2. The third kappa shape index (κ3) is 11.2. The van der Waals surface area contributed by atoms with E-state index in [0.29, 0.717) is 13.0 Å². The summed E-state index contributed by atoms with van der Waals surface area (Å²) in [6.07, 6.45) is 26.2. The number of hydrogen-bond acceptors (Lipinski definition) is 4. The zero-order valence-electron chi connectivity index (χ0n) is 22.0. The van der Waals surface area contributed by atoms with Gasteiger partial charge >= 0.3 is 5.97 Å². The third-order valence-electron chi connectivity index (χ3n) is 7.35. The number of carbonyl (C=O) groups excluding carboxylic acids is 2. The fourth-order valence-electron chi connectivity index (χ4n) is 5.11. The van der Waals surface area contributed by atoms with Gasteiger partial charge in [0, 0.05) is 26.1 Å². The maximum absolute atomic E-state index is 12.7. The molecule has 0 spiro atoms. The first-order valence-electron chi connectivity index (χ1n) is 14.1. The summed E-state index contributed by atoms with van der Waals surface area (Å²) in [7, 11) is 1.84. The lowest BCUT2D eigenvalue weighted by Gasteiger charge is -2.24. The number of likely N-dealkylation sites (tertiary alicyclic amines) is 2. The van der Waals surface area contributed by atoms with Crippen molar-refractivity contribution in [1.82, 2.24) is 9.80 Å². The lowest BCUT2D eigenvalue weighted by Crippen LogP contribution is -2.35. The zero-order chi connectivity index (χ0) is 24.4. The predicted molar refractivity (Wildman–Crippen MR) is 141 cm³/mol. The summed E-state index contributed by atoms with van der Waals surface area (Å²) < 4.78 is 5.57. The Balaban J connectivity index is 1.52. The van der Waals surface area contributed by atoms with E-state index in [-0.39, 0.29) is 23.8 Å². The Morgan fingerprint density at radius 1 is 0.941 bits per heavy atom. The molecule has 0 aliphatic carbocycles. The first-order chi connectivity index (χ1) is 16.6. The number of allylic oxidation sites excluding steroid dienone is 4. The van der Waals surface area contributed by atoms with Crippen LogP contribution in [0.25, 0.3) is 0 Å². The molecule has 0 aromatic rings. The molecule has 0 aromatic heterocycles. The minimum absolute atomic E-state index is 0.00440. The molecule has 34 heavy (non-hydrogen) atoms. The smallest absolute Gasteiger partial charge is 0.311 e. The summed E-state index contributed by atoms with van der Waals surface area (Å²) in [5.41, 5.74) is 0. The molecule has 2 rings (SSSR count). The van der Waals surface area contributed by atoms with Crippen LogP contribution in [0.3, 0.4) is 0 Å². The molecule has 0 aromatic carbocycles. The van der Waals surface area contributed by atoms with Crippen LogP contribution in [0.15, 0.2) is 24.3 Å². The highest BCUT2D eigenvalue weighted by atomic mass is 16.5. The molecule has 0 radical (unpaired) electrons. The Hall–Kier alpha value is -1.62. The van der Waals surface area contributed by atoms with Crippen molar-refractivity contribution in [3.8, 4) is 0 Å². The van der Waals surface area contributed by atoms with Crippen molar-refractivity contribution in [3.05, 3.63) is 24.3 Å². The van der Waals surface area contributed by atoms with Crippen molar-refractivity contribution < 1.29 is 14.3 Å². The Labute approximate surface area is 209 Å². The highest BCUT2D eigenvalue weighted by Crippen LogP contribution is 2.29. The van der Waals surface area contributed by atoms with E-state index in [1.807, 2.05) is 7.05 Å². The SMILES string of the molecule is CCCCC/C=C\C/C=C\CCCCCCC[C@@H]1[C@@H](C(=O)OCCN2CCCC2)CC(=O)N1C. The fourth-order valence-corrected chi connectivity index (χ4v) is 5.11. The number of hydrogen-bond donors (Lipinski definition) is 0. The van der Waals surface area contributed by atoms with Crippen molar-refractivity contribution in [3.63, 3.8) is 0 Å². The Morgan fingerprint density at radius 3 is 2.29 bits per heavy atom. The van der Waals surface area contributed by atoms with Gasteiger partial charge < -0.3 is 9.64 Å². The summed E-state index contributed by atoms with van der Waals surface area (Å²) in [4.78, 5) is 29.0. The molecule has 0 unspecified atom stereocenters. The summed E-state index contributed by atoms with van der Waals surface area (Å²) in [5.74, 6) is -0.388. The van der Waals surface area contributed by atoms with Gasteiger partial charge in [-0.05, 0) is 64.5 Å². The second kappa shape index (κ2) is 17.8. The van der Waals surface area contributed by atoms with E-state index < -0.39 is 0 Å². The van der Waals surface area contributed by atoms with Crippen LogP contribution in [0.1, 0.15) is 103 Å². The molecule has 2 aliphatic heterocycles. The maximum atomic E-state index is 12.7. The van der Waals surface area contributed by atoms with Crippen LogP contribution in [0.4, 0.5) is 0 Å². The van der Waals surface area contributed by atoms with Crippen molar-refractivity contribution >= 4 is 11.9 Å². The molecule has 1 amide bonds. The average Bonchev–Trinajstić information content (AvgIpc) is 3.45. The van der Waals surface area contributed by atoms with Crippen LogP contribution in [-0.4, -0.2) is 61.0 Å². The normalized spacial score (nSPS) is 21.5. The molecule has 2 fully saturated rings. The Bertz CT molecular complexity index is 625. The zero-order valence-corrected chi connectivity index (χ0v) is 22.0. The van der Waals surface area contributed by atoms with E-state index in [2.05, 4.69) is 36.1 Å². The second-order valence-electron chi connectivity index (χ2n) is 10.1. The van der Waals surface area contributed by atoms with Gasteiger partial charge in [-0.15, -0.1) is 0 Å². The molecule has 5 heteroatoms. The molecule has 194 valence electrons. The molecule has 0 bridgehead atoms. The maximum Gasteiger partial charge on any atom is 0.311 e. The Kier molecular flexibility index (Phi) is 14.9. The van der Waals surface area contributed by atoms with E-state index >= 15 is 0 Å². The van der Waals surface area contributed by atoms with E-state index in [1.54, 1.807) is 4.90 Å². The van der Waals surface area contributed by atoms with Crippen molar-refractivity contribution in [2.24, 2.45) is 5.92 Å². The van der Waals surface area contributed by atoms with Crippen molar-refractivity contribution in [2.75, 3.05) is 33.3 Å². The summed E-state index contributed by atoms with van der Waals surface area (Å²) in [6.45, 7) is 5.73. The van der Waals surface area contributed by atoms with Gasteiger partial charge in [0.1, 0.15) is 6.61 Å². The fraction of sp³-hybridized carbons (Fsp3) is 0.793. The summed E-state index contributed by atoms with van der Waals surface area (Å²) in [5, 5.41) is 0.